The van der Waals surface area contributed by atoms with Crippen molar-refractivity contribution in [1.82, 2.24) is 20.4 Å². The number of carbonyl (C=O) groups excluding carboxylic acids is 1. The quantitative estimate of drug-likeness (QED) is 0.686. The van der Waals surface area contributed by atoms with Crippen LogP contribution in [0, 0.1) is 5.92 Å². The Morgan fingerprint density at radius 3 is 2.69 bits per heavy atom. The zero-order chi connectivity index (χ0) is 20.2. The number of aromatic nitrogens is 3. The Labute approximate surface area is 169 Å². The summed E-state index contributed by atoms with van der Waals surface area (Å²) in [5.74, 6) is 1.79. The molecule has 3 aromatic rings. The molecule has 8 heteroatoms. The molecule has 1 fully saturated rings. The van der Waals surface area contributed by atoms with Crippen LogP contribution in [0.25, 0.3) is 22.4 Å². The Morgan fingerprint density at radius 1 is 1.24 bits per heavy atom. The number of nitrogens with zero attached hydrogens (tertiary/aromatic N) is 4. The predicted octanol–water partition coefficient (Wildman–Crippen LogP) is 3.04. The largest absolute Gasteiger partial charge is 0.497 e. The number of anilines is 1. The summed E-state index contributed by atoms with van der Waals surface area (Å²) in [6.07, 6.45) is 4.04. The Kier molecular flexibility index (Phi) is 5.59. The maximum Gasteiger partial charge on any atom is 0.263 e. The fourth-order valence-corrected chi connectivity index (χ4v) is 3.70. The fourth-order valence-electron chi connectivity index (χ4n) is 3.70. The molecular formula is C21H25N5O3. The molecule has 1 aliphatic heterocycles. The third kappa shape index (κ3) is 3.87. The Bertz CT molecular complexity index is 978. The molecular weight excluding hydrogens is 370 g/mol. The van der Waals surface area contributed by atoms with Crippen LogP contribution >= 0.6 is 0 Å². The predicted molar refractivity (Wildman–Crippen MR) is 110 cm³/mol. The van der Waals surface area contributed by atoms with Crippen LogP contribution < -0.4 is 15.0 Å². The lowest BCUT2D eigenvalue weighted by molar-refractivity contribution is -0.125. The van der Waals surface area contributed by atoms with Crippen molar-refractivity contribution < 1.29 is 14.1 Å². The maximum absolute atomic E-state index is 12.3. The molecule has 0 radical (unpaired) electrons. The van der Waals surface area contributed by atoms with E-state index in [-0.39, 0.29) is 11.8 Å². The number of piperidine rings is 1. The monoisotopic (exact) mass is 395 g/mol. The first kappa shape index (κ1) is 19.2. The van der Waals surface area contributed by atoms with E-state index >= 15 is 0 Å². The summed E-state index contributed by atoms with van der Waals surface area (Å²) >= 11 is 0. The minimum Gasteiger partial charge on any atom is -0.497 e. The minimum atomic E-state index is 0.0543. The molecule has 0 saturated carbocycles. The van der Waals surface area contributed by atoms with Crippen molar-refractivity contribution in [3.8, 4) is 17.0 Å². The molecule has 2 aromatic heterocycles. The number of fused-ring (bicyclic) bond motifs is 1. The van der Waals surface area contributed by atoms with E-state index in [1.807, 2.05) is 24.3 Å². The Morgan fingerprint density at radius 2 is 2.00 bits per heavy atom. The highest BCUT2D eigenvalue weighted by molar-refractivity contribution is 5.98. The lowest BCUT2D eigenvalue weighted by Gasteiger charge is -2.32. The van der Waals surface area contributed by atoms with Gasteiger partial charge in [0, 0.05) is 31.1 Å². The van der Waals surface area contributed by atoms with Crippen molar-refractivity contribution in [2.24, 2.45) is 5.92 Å². The van der Waals surface area contributed by atoms with Gasteiger partial charge < -0.3 is 19.5 Å². The average Bonchev–Trinajstić information content (AvgIpc) is 3.22. The number of rotatable bonds is 6. The van der Waals surface area contributed by atoms with Crippen molar-refractivity contribution >= 4 is 22.8 Å². The van der Waals surface area contributed by atoms with Gasteiger partial charge in [-0.25, -0.2) is 4.98 Å². The summed E-state index contributed by atoms with van der Waals surface area (Å²) in [5.41, 5.74) is 2.08. The van der Waals surface area contributed by atoms with Gasteiger partial charge in [-0.3, -0.25) is 4.79 Å². The average molecular weight is 395 g/mol. The molecule has 0 atom stereocenters. The summed E-state index contributed by atoms with van der Waals surface area (Å²) in [7, 11) is 1.64. The van der Waals surface area contributed by atoms with E-state index in [1.165, 1.54) is 6.33 Å². The lowest BCUT2D eigenvalue weighted by atomic mass is 9.95. The van der Waals surface area contributed by atoms with Crippen molar-refractivity contribution in [3.63, 3.8) is 0 Å². The smallest absolute Gasteiger partial charge is 0.263 e. The number of nitrogens with one attached hydrogen (secondary N) is 1. The lowest BCUT2D eigenvalue weighted by Crippen LogP contribution is -2.41. The number of ether oxygens (including phenoxy) is 1. The van der Waals surface area contributed by atoms with Crippen molar-refractivity contribution in [3.05, 3.63) is 30.6 Å². The second-order valence-corrected chi connectivity index (χ2v) is 7.19. The van der Waals surface area contributed by atoms with Gasteiger partial charge in [0.25, 0.3) is 5.71 Å². The van der Waals surface area contributed by atoms with Crippen LogP contribution in [0.4, 0.5) is 5.82 Å². The second kappa shape index (κ2) is 8.46. The molecule has 1 saturated heterocycles. The van der Waals surface area contributed by atoms with Crippen LogP contribution in [0.3, 0.4) is 0 Å². The summed E-state index contributed by atoms with van der Waals surface area (Å²) in [5, 5.41) is 8.05. The molecule has 3 heterocycles. The third-order valence-corrected chi connectivity index (χ3v) is 5.33. The van der Waals surface area contributed by atoms with Crippen LogP contribution in [0.2, 0.25) is 0 Å². The van der Waals surface area contributed by atoms with Crippen LogP contribution in [-0.2, 0) is 4.79 Å². The number of amides is 1. The van der Waals surface area contributed by atoms with Gasteiger partial charge in [-0.1, -0.05) is 12.1 Å². The molecule has 1 aromatic carbocycles. The van der Waals surface area contributed by atoms with Gasteiger partial charge in [-0.05, 0) is 43.5 Å². The third-order valence-electron chi connectivity index (χ3n) is 5.33. The Hall–Kier alpha value is -3.16. The molecule has 8 nitrogen and oxygen atoms in total. The van der Waals surface area contributed by atoms with E-state index in [4.69, 9.17) is 9.26 Å². The summed E-state index contributed by atoms with van der Waals surface area (Å²) in [6.45, 7) is 4.30. The molecule has 1 amide bonds. The van der Waals surface area contributed by atoms with Crippen molar-refractivity contribution in [2.75, 3.05) is 31.6 Å². The number of methoxy groups -OCH3 is 1. The van der Waals surface area contributed by atoms with Gasteiger partial charge in [-0.2, -0.15) is 4.98 Å². The SMILES string of the molecule is CCCNC(=O)C1CCN(c2ncnc3onc(-c4ccc(OC)cc4)c23)CC1. The highest BCUT2D eigenvalue weighted by Gasteiger charge is 2.28. The van der Waals surface area contributed by atoms with Crippen LogP contribution in [0.15, 0.2) is 35.1 Å². The van der Waals surface area contributed by atoms with Crippen LogP contribution in [0.5, 0.6) is 5.75 Å². The van der Waals surface area contributed by atoms with Crippen molar-refractivity contribution in [2.45, 2.75) is 26.2 Å². The number of hydrogen-bond donors (Lipinski definition) is 1. The number of carbonyl (C=O) groups is 1. The summed E-state index contributed by atoms with van der Waals surface area (Å²) in [6, 6.07) is 7.66. The minimum absolute atomic E-state index is 0.0543. The van der Waals surface area contributed by atoms with Gasteiger partial charge in [0.05, 0.1) is 7.11 Å². The van der Waals surface area contributed by atoms with Gasteiger partial charge in [0.1, 0.15) is 29.0 Å². The molecule has 29 heavy (non-hydrogen) atoms. The first-order valence-corrected chi connectivity index (χ1v) is 9.98. The van der Waals surface area contributed by atoms with E-state index in [9.17, 15) is 4.79 Å². The van der Waals surface area contributed by atoms with Gasteiger partial charge in [-0.15, -0.1) is 0 Å². The molecule has 0 spiro atoms. The van der Waals surface area contributed by atoms with E-state index in [0.717, 1.165) is 61.4 Å². The number of benzene rings is 1. The molecule has 152 valence electrons. The normalized spacial score (nSPS) is 14.9. The number of hydrogen-bond acceptors (Lipinski definition) is 7. The molecule has 0 bridgehead atoms. The summed E-state index contributed by atoms with van der Waals surface area (Å²) in [4.78, 5) is 23.2. The van der Waals surface area contributed by atoms with Crippen molar-refractivity contribution in [1.29, 1.82) is 0 Å². The second-order valence-electron chi connectivity index (χ2n) is 7.19. The Balaban J connectivity index is 1.58. The van der Waals surface area contributed by atoms with Crippen LogP contribution in [-0.4, -0.2) is 47.8 Å². The van der Waals surface area contributed by atoms with E-state index in [2.05, 4.69) is 32.3 Å². The highest BCUT2D eigenvalue weighted by atomic mass is 16.5. The molecule has 4 rings (SSSR count). The van der Waals surface area contributed by atoms with Gasteiger partial charge >= 0.3 is 0 Å². The summed E-state index contributed by atoms with van der Waals surface area (Å²) < 4.78 is 10.7. The van der Waals surface area contributed by atoms with Gasteiger partial charge in [0.2, 0.25) is 5.91 Å². The maximum atomic E-state index is 12.3. The molecule has 0 unspecified atom stereocenters. The first-order chi connectivity index (χ1) is 14.2. The molecule has 0 aliphatic carbocycles. The van der Waals surface area contributed by atoms with E-state index in [1.54, 1.807) is 7.11 Å². The van der Waals surface area contributed by atoms with E-state index < -0.39 is 0 Å². The first-order valence-electron chi connectivity index (χ1n) is 9.98. The standard InChI is InChI=1S/C21H25N5O3/c1-3-10-22-20(27)15-8-11-26(12-9-15)19-17-18(25-29-21(17)24-13-23-19)14-4-6-16(28-2)7-5-14/h4-7,13,15H,3,8-12H2,1-2H3,(H,22,27). The molecule has 1 N–H and O–H groups in total. The van der Waals surface area contributed by atoms with E-state index in [0.29, 0.717) is 11.4 Å². The van der Waals surface area contributed by atoms with Crippen LogP contribution in [0.1, 0.15) is 26.2 Å². The molecule has 1 aliphatic rings. The topological polar surface area (TPSA) is 93.4 Å². The van der Waals surface area contributed by atoms with Gasteiger partial charge in [0.15, 0.2) is 0 Å². The zero-order valence-corrected chi connectivity index (χ0v) is 16.7. The highest BCUT2D eigenvalue weighted by Crippen LogP contribution is 2.35. The fraction of sp³-hybridized carbons (Fsp3) is 0.429. The zero-order valence-electron chi connectivity index (χ0n) is 16.7.